The van der Waals surface area contributed by atoms with E-state index in [9.17, 15) is 24.9 Å². The summed E-state index contributed by atoms with van der Waals surface area (Å²) in [5.74, 6) is -0.109. The summed E-state index contributed by atoms with van der Waals surface area (Å²) in [7, 11) is 0. The maximum absolute atomic E-state index is 13.5. The van der Waals surface area contributed by atoms with E-state index in [1.807, 2.05) is 45.8 Å². The summed E-state index contributed by atoms with van der Waals surface area (Å²) in [5, 5.41) is 49.0. The molecule has 3 atom stereocenters. The second-order valence-corrected chi connectivity index (χ2v) is 15.4. The summed E-state index contributed by atoms with van der Waals surface area (Å²) in [6.07, 6.45) is 0.916. The minimum absolute atomic E-state index is 0.0418. The number of aryl methyl sites for hydroxylation is 1. The number of carbonyl (C=O) groups excluding carboxylic acids is 1. The molecule has 264 valence electrons. The first-order valence-corrected chi connectivity index (χ1v) is 18.8. The molecule has 3 aliphatic rings. The Morgan fingerprint density at radius 2 is 1.80 bits per heavy atom. The first kappa shape index (κ1) is 33.7. The van der Waals surface area contributed by atoms with E-state index in [-0.39, 0.29) is 35.8 Å². The van der Waals surface area contributed by atoms with Gasteiger partial charge in [-0.1, -0.05) is 29.5 Å². The maximum Gasteiger partial charge on any atom is 0.349 e. The highest BCUT2D eigenvalue weighted by atomic mass is 32.1. The molecule has 3 fully saturated rings. The van der Waals surface area contributed by atoms with Gasteiger partial charge in [0.1, 0.15) is 17.4 Å². The molecular weight excluding hydrogens is 689 g/mol. The second-order valence-electron chi connectivity index (χ2n) is 13.5. The zero-order valence-electron chi connectivity index (χ0n) is 27.6. The van der Waals surface area contributed by atoms with E-state index in [0.29, 0.717) is 32.8 Å². The van der Waals surface area contributed by atoms with Gasteiger partial charge in [0.05, 0.1) is 26.9 Å². The number of nitrogens with one attached hydrogen (secondary N) is 2. The molecule has 1 aliphatic carbocycles. The van der Waals surface area contributed by atoms with Gasteiger partial charge >= 0.3 is 5.97 Å². The number of thiophene rings is 2. The monoisotopic (exact) mass is 726 g/mol. The molecule has 2 aliphatic heterocycles. The second kappa shape index (κ2) is 13.9. The van der Waals surface area contributed by atoms with E-state index < -0.39 is 17.7 Å². The van der Waals surface area contributed by atoms with Gasteiger partial charge in [-0.2, -0.15) is 0 Å². The van der Waals surface area contributed by atoms with Crippen molar-refractivity contribution in [3.63, 3.8) is 0 Å². The smallest absolute Gasteiger partial charge is 0.349 e. The van der Waals surface area contributed by atoms with Gasteiger partial charge in [-0.15, -0.1) is 27.8 Å². The number of rotatable bonds is 13. The number of aromatic amines is 1. The Bertz CT molecular complexity index is 2170. The van der Waals surface area contributed by atoms with Gasteiger partial charge in [-0.05, 0) is 77.7 Å². The van der Waals surface area contributed by atoms with E-state index in [1.54, 1.807) is 24.3 Å². The summed E-state index contributed by atoms with van der Waals surface area (Å²) in [5.41, 5.74) is 1.59. The van der Waals surface area contributed by atoms with Crippen molar-refractivity contribution >= 4 is 50.6 Å². The van der Waals surface area contributed by atoms with Crippen molar-refractivity contribution in [2.24, 2.45) is 11.8 Å². The Morgan fingerprint density at radius 3 is 2.53 bits per heavy atom. The lowest BCUT2D eigenvalue weighted by Gasteiger charge is -2.53. The number of aliphatic hydroxyl groups is 2. The van der Waals surface area contributed by atoms with Crippen molar-refractivity contribution in [3.05, 3.63) is 109 Å². The molecule has 6 aromatic rings. The average Bonchev–Trinajstić information content (AvgIpc) is 3.94. The number of phenolic OH excluding ortho intramolecular Hbond substituents is 1. The van der Waals surface area contributed by atoms with E-state index >= 15 is 0 Å². The number of H-pyrrole nitrogens is 1. The van der Waals surface area contributed by atoms with Gasteiger partial charge in [0, 0.05) is 56.0 Å². The lowest BCUT2D eigenvalue weighted by atomic mass is 9.68. The van der Waals surface area contributed by atoms with E-state index in [0.717, 1.165) is 55.6 Å². The molecule has 9 rings (SSSR count). The third-order valence-corrected chi connectivity index (χ3v) is 12.1. The van der Waals surface area contributed by atoms with E-state index in [4.69, 9.17) is 4.74 Å². The van der Waals surface area contributed by atoms with E-state index in [2.05, 4.69) is 25.5 Å². The summed E-state index contributed by atoms with van der Waals surface area (Å²) < 4.78 is 7.99. The van der Waals surface area contributed by atoms with Crippen molar-refractivity contribution in [1.82, 2.24) is 30.2 Å². The number of benzene rings is 2. The number of aliphatic hydroxyl groups excluding tert-OH is 1. The van der Waals surface area contributed by atoms with Crippen LogP contribution in [0.25, 0.3) is 21.9 Å². The van der Waals surface area contributed by atoms with Crippen molar-refractivity contribution in [2.45, 2.75) is 43.7 Å². The molecule has 0 radical (unpaired) electrons. The van der Waals surface area contributed by atoms with Crippen LogP contribution in [0.3, 0.4) is 0 Å². The van der Waals surface area contributed by atoms with Crippen molar-refractivity contribution in [3.8, 4) is 5.75 Å². The summed E-state index contributed by atoms with van der Waals surface area (Å²) in [6, 6.07) is 19.4. The Morgan fingerprint density at radius 1 is 1.04 bits per heavy atom. The number of fused-ring (bicyclic) bond motifs is 4. The number of aromatic hydroxyl groups is 1. The van der Waals surface area contributed by atoms with Gasteiger partial charge in [0.25, 0.3) is 0 Å². The maximum atomic E-state index is 13.5. The first-order chi connectivity index (χ1) is 24.8. The minimum atomic E-state index is -1.78. The first-order valence-electron chi connectivity index (χ1n) is 17.1. The number of pyridine rings is 1. The van der Waals surface area contributed by atoms with Crippen molar-refractivity contribution in [1.29, 1.82) is 0 Å². The molecule has 14 heteroatoms. The third kappa shape index (κ3) is 6.47. The highest BCUT2D eigenvalue weighted by Gasteiger charge is 2.52. The number of ether oxygens (including phenoxy) is 1. The largest absolute Gasteiger partial charge is 0.506 e. The number of nitrogens with zero attached hydrogens (tertiary/aromatic N) is 4. The van der Waals surface area contributed by atoms with Crippen molar-refractivity contribution in [2.75, 3.05) is 26.2 Å². The fraction of sp³-hybridized carbons (Fsp3) is 0.351. The molecule has 0 amide bonds. The molecule has 2 aromatic carbocycles. The van der Waals surface area contributed by atoms with Gasteiger partial charge in [0.2, 0.25) is 11.2 Å². The molecule has 2 bridgehead atoms. The molecule has 51 heavy (non-hydrogen) atoms. The predicted octanol–water partition coefficient (Wildman–Crippen LogP) is 4.11. The lowest BCUT2D eigenvalue weighted by molar-refractivity contribution is -0.193. The number of hydrogen-bond acceptors (Lipinski definition) is 12. The average molecular weight is 727 g/mol. The molecule has 6 heterocycles. The number of aromatic nitrogens is 4. The fourth-order valence-corrected chi connectivity index (χ4v) is 9.28. The molecule has 2 saturated heterocycles. The Balaban J connectivity index is 0.814. The third-order valence-electron chi connectivity index (χ3n) is 10.2. The fourth-order valence-electron chi connectivity index (χ4n) is 7.57. The van der Waals surface area contributed by atoms with Crippen LogP contribution in [-0.4, -0.2) is 78.4 Å². The summed E-state index contributed by atoms with van der Waals surface area (Å²) >= 11 is 2.71. The molecular formula is C37H38N6O6S2. The topological polar surface area (TPSA) is 166 Å². The van der Waals surface area contributed by atoms with Crippen LogP contribution in [-0.2, 0) is 28.2 Å². The standard InChI is InChI=1S/C37H38N6O6S2/c44-29-10-7-25(26-8-11-33(46)39-34(26)29)30(45)19-38-18-22-6-9-28-27(16-22)40-41-43(28)13-3-12-42-20-23-17-24(21-42)35(23)49-36(47)37(48,31-4-1-14-50-31)32-5-2-15-51-32/h1-2,4-11,14-16,23-24,30,35,38,44-45,48H,3,12-13,17-21H2,(H,39,46)/t23?,24?,30-,35?/m0/s1. The van der Waals surface area contributed by atoms with Crippen LogP contribution in [0.1, 0.15) is 39.8 Å². The van der Waals surface area contributed by atoms with Crippen LogP contribution in [0.5, 0.6) is 5.75 Å². The van der Waals surface area contributed by atoms with Gasteiger partial charge < -0.3 is 35.3 Å². The highest BCUT2D eigenvalue weighted by Crippen LogP contribution is 2.45. The molecule has 1 saturated carbocycles. The highest BCUT2D eigenvalue weighted by molar-refractivity contribution is 7.12. The van der Waals surface area contributed by atoms with Crippen molar-refractivity contribution < 1.29 is 24.9 Å². The quantitative estimate of drug-likeness (QED) is 0.109. The number of phenols is 1. The van der Waals surface area contributed by atoms with Crippen LogP contribution in [0.2, 0.25) is 0 Å². The Labute approximate surface area is 300 Å². The van der Waals surface area contributed by atoms with Crippen LogP contribution in [0.15, 0.2) is 82.3 Å². The zero-order chi connectivity index (χ0) is 35.1. The summed E-state index contributed by atoms with van der Waals surface area (Å²) in [4.78, 5) is 31.4. The molecule has 12 nitrogen and oxygen atoms in total. The number of piperidine rings is 2. The van der Waals surface area contributed by atoms with Gasteiger partial charge in [-0.25, -0.2) is 9.48 Å². The number of hydrogen-bond donors (Lipinski definition) is 5. The van der Waals surface area contributed by atoms with Gasteiger partial charge in [-0.3, -0.25) is 4.79 Å². The minimum Gasteiger partial charge on any atom is -0.506 e. The predicted molar refractivity (Wildman–Crippen MR) is 195 cm³/mol. The molecule has 4 aromatic heterocycles. The molecule has 5 N–H and O–H groups in total. The number of carbonyl (C=O) groups is 1. The lowest BCUT2D eigenvalue weighted by Crippen LogP contribution is -2.60. The van der Waals surface area contributed by atoms with Gasteiger partial charge in [0.15, 0.2) is 0 Å². The zero-order valence-corrected chi connectivity index (χ0v) is 29.3. The SMILES string of the molecule is O=C(OC1C2CC1CN(CCCn1nnc3cc(CNC[C@H](O)c4ccc(O)c5[nH]c(=O)ccc45)ccc31)C2)C(O)(c1cccs1)c1cccs1. The van der Waals surface area contributed by atoms with E-state index in [1.165, 1.54) is 34.8 Å². The van der Waals surface area contributed by atoms with Crippen LogP contribution in [0.4, 0.5) is 0 Å². The number of esters is 1. The van der Waals surface area contributed by atoms with Crippen LogP contribution in [0, 0.1) is 11.8 Å². The van der Waals surface area contributed by atoms with Crippen LogP contribution >= 0.6 is 22.7 Å². The normalized spacial score (nSPS) is 19.7. The Hall–Kier alpha value is -4.44. The van der Waals surface area contributed by atoms with Crippen LogP contribution < -0.4 is 10.9 Å². The molecule has 0 spiro atoms. The Kier molecular flexibility index (Phi) is 9.21. The summed E-state index contributed by atoms with van der Waals surface area (Å²) in [6.45, 7) is 4.14. The molecule has 2 unspecified atom stereocenters.